The molecule has 0 aliphatic carbocycles. The van der Waals surface area contributed by atoms with E-state index in [4.69, 9.17) is 0 Å². The minimum atomic E-state index is -0.694. The molecule has 0 bridgehead atoms. The van der Waals surface area contributed by atoms with E-state index in [1.54, 1.807) is 42.7 Å². The summed E-state index contributed by atoms with van der Waals surface area (Å²) in [6.07, 6.45) is 6.39. The number of hydrogen-bond donors (Lipinski definition) is 0. The van der Waals surface area contributed by atoms with Crippen molar-refractivity contribution < 1.29 is 14.4 Å². The maximum Gasteiger partial charge on any atom is 0.308 e. The van der Waals surface area contributed by atoms with Crippen LogP contribution in [0.1, 0.15) is 35.6 Å². The Bertz CT molecular complexity index is 1380. The van der Waals surface area contributed by atoms with Crippen LogP contribution in [0.4, 0.5) is 5.69 Å². The number of imide groups is 1. The highest BCUT2D eigenvalue weighted by molar-refractivity contribution is 8.00. The first-order chi connectivity index (χ1) is 17.5. The molecule has 3 aromatic rings. The highest BCUT2D eigenvalue weighted by atomic mass is 32.2. The Morgan fingerprint density at radius 1 is 0.972 bits per heavy atom. The van der Waals surface area contributed by atoms with Crippen LogP contribution in [0.15, 0.2) is 64.7 Å². The average molecular weight is 521 g/mol. The molecule has 3 amide bonds. The van der Waals surface area contributed by atoms with Crippen LogP contribution in [0, 0.1) is 5.92 Å². The molecule has 1 aromatic carbocycles. The normalized spacial score (nSPS) is 23.5. The Hall–Kier alpha value is -3.24. The van der Waals surface area contributed by atoms with Gasteiger partial charge in [0.2, 0.25) is 17.7 Å². The fraction of sp³-hybridized carbons (Fsp3) is 0.346. The molecular weight excluding hydrogens is 496 g/mol. The van der Waals surface area contributed by atoms with Crippen molar-refractivity contribution in [2.24, 2.45) is 5.92 Å². The third-order valence-electron chi connectivity index (χ3n) is 7.11. The predicted octanol–water partition coefficient (Wildman–Crippen LogP) is 3.11. The number of likely N-dealkylation sites (tertiary alicyclic amines) is 1. The summed E-state index contributed by atoms with van der Waals surface area (Å²) in [6.45, 7) is 1.35. The van der Waals surface area contributed by atoms with Crippen molar-refractivity contribution in [1.29, 1.82) is 0 Å². The van der Waals surface area contributed by atoms with E-state index in [0.717, 1.165) is 41.0 Å². The van der Waals surface area contributed by atoms with Crippen molar-refractivity contribution in [3.05, 3.63) is 75.0 Å². The topological polar surface area (TPSA) is 92.6 Å². The first kappa shape index (κ1) is 23.2. The summed E-state index contributed by atoms with van der Waals surface area (Å²) in [7, 11) is 0. The molecule has 5 heterocycles. The molecule has 2 fully saturated rings. The van der Waals surface area contributed by atoms with Gasteiger partial charge in [-0.3, -0.25) is 28.7 Å². The van der Waals surface area contributed by atoms with Crippen molar-refractivity contribution in [2.45, 2.75) is 42.0 Å². The van der Waals surface area contributed by atoms with Gasteiger partial charge >= 0.3 is 4.87 Å². The number of benzene rings is 1. The lowest BCUT2D eigenvalue weighted by Crippen LogP contribution is -2.39. The lowest BCUT2D eigenvalue weighted by molar-refractivity contribution is -0.133. The summed E-state index contributed by atoms with van der Waals surface area (Å²) in [5, 5.41) is -0.0812. The molecule has 3 aliphatic heterocycles. The van der Waals surface area contributed by atoms with Gasteiger partial charge in [-0.25, -0.2) is 4.90 Å². The Morgan fingerprint density at radius 3 is 2.47 bits per heavy atom. The number of rotatable bonds is 4. The highest BCUT2D eigenvalue weighted by Crippen LogP contribution is 2.53. The quantitative estimate of drug-likeness (QED) is 0.491. The number of hydrogen-bond acceptors (Lipinski definition) is 7. The van der Waals surface area contributed by atoms with Crippen LogP contribution in [-0.2, 0) is 20.9 Å². The Balaban J connectivity index is 1.43. The number of carbonyl (C=O) groups excluding carboxylic acids is 3. The molecule has 10 heteroatoms. The number of para-hydroxylation sites is 1. The van der Waals surface area contributed by atoms with E-state index < -0.39 is 17.1 Å². The number of pyridine rings is 1. The van der Waals surface area contributed by atoms with E-state index in [-0.39, 0.29) is 29.1 Å². The maximum absolute atomic E-state index is 13.8. The maximum atomic E-state index is 13.8. The van der Waals surface area contributed by atoms with Crippen LogP contribution in [-0.4, -0.2) is 50.5 Å². The van der Waals surface area contributed by atoms with Gasteiger partial charge in [-0.15, -0.1) is 0 Å². The van der Waals surface area contributed by atoms with Gasteiger partial charge in [-0.05, 0) is 43.0 Å². The second-order valence-corrected chi connectivity index (χ2v) is 11.4. The summed E-state index contributed by atoms with van der Waals surface area (Å²) in [5.41, 5.74) is 1.31. The average Bonchev–Trinajstić information content (AvgIpc) is 3.36. The summed E-state index contributed by atoms with van der Waals surface area (Å²) in [5.74, 6) is -1.82. The van der Waals surface area contributed by atoms with E-state index in [1.165, 1.54) is 21.2 Å². The van der Waals surface area contributed by atoms with Crippen molar-refractivity contribution in [3.63, 3.8) is 0 Å². The molecule has 8 nitrogen and oxygen atoms in total. The van der Waals surface area contributed by atoms with E-state index in [2.05, 4.69) is 4.98 Å². The van der Waals surface area contributed by atoms with E-state index >= 15 is 0 Å². The second kappa shape index (κ2) is 9.33. The first-order valence-electron chi connectivity index (χ1n) is 12.1. The molecule has 184 valence electrons. The number of thiazole rings is 1. The number of nitrogens with zero attached hydrogens (tertiary/aromatic N) is 4. The molecular formula is C26H24N4O4S2. The van der Waals surface area contributed by atoms with Crippen LogP contribution >= 0.6 is 23.1 Å². The number of fused-ring (bicyclic) bond motifs is 2. The SMILES string of the molecule is O=C(Cn1c2c(sc1=O)C(c1cccnc1)C1C(=O)N(c3ccccc3)C(=O)C1S2)N1CCCCC1. The molecule has 3 atom stereocenters. The first-order valence-corrected chi connectivity index (χ1v) is 13.7. The number of piperidine rings is 1. The third kappa shape index (κ3) is 3.79. The molecule has 3 unspecified atom stereocenters. The van der Waals surface area contributed by atoms with Crippen LogP contribution < -0.4 is 9.77 Å². The van der Waals surface area contributed by atoms with Crippen LogP contribution in [0.2, 0.25) is 0 Å². The van der Waals surface area contributed by atoms with Crippen molar-refractivity contribution in [1.82, 2.24) is 14.5 Å². The number of thioether (sulfide) groups is 1. The standard InChI is InChI=1S/C26H24N4O4S2/c31-18(28-12-5-2-6-13-28)15-29-25-22(36-26(29)34)19(16-8-7-11-27-14-16)20-21(35-25)24(33)30(23(20)32)17-9-3-1-4-10-17/h1,3-4,7-11,14,19-21H,2,5-6,12-13,15H2. The molecule has 0 radical (unpaired) electrons. The van der Waals surface area contributed by atoms with E-state index in [1.807, 2.05) is 17.0 Å². The minimum absolute atomic E-state index is 0.0562. The predicted molar refractivity (Wildman–Crippen MR) is 137 cm³/mol. The van der Waals surface area contributed by atoms with Gasteiger partial charge in [-0.1, -0.05) is 47.4 Å². The van der Waals surface area contributed by atoms with Crippen molar-refractivity contribution >= 4 is 46.5 Å². The third-order valence-corrected chi connectivity index (χ3v) is 9.71. The summed E-state index contributed by atoms with van der Waals surface area (Å²) in [6, 6.07) is 12.6. The van der Waals surface area contributed by atoms with Gasteiger partial charge in [0.05, 0.1) is 16.6 Å². The number of anilines is 1. The van der Waals surface area contributed by atoms with Crippen LogP contribution in [0.5, 0.6) is 0 Å². The summed E-state index contributed by atoms with van der Waals surface area (Å²) >= 11 is 2.31. The largest absolute Gasteiger partial charge is 0.341 e. The number of aromatic nitrogens is 2. The van der Waals surface area contributed by atoms with E-state index in [0.29, 0.717) is 23.8 Å². The highest BCUT2D eigenvalue weighted by Gasteiger charge is 2.56. The lowest BCUT2D eigenvalue weighted by atomic mass is 9.84. The molecule has 2 saturated heterocycles. The molecule has 3 aliphatic rings. The fourth-order valence-corrected chi connectivity index (χ4v) is 8.16. The monoisotopic (exact) mass is 520 g/mol. The Morgan fingerprint density at radius 2 is 1.75 bits per heavy atom. The van der Waals surface area contributed by atoms with Gasteiger partial charge in [0.1, 0.15) is 11.8 Å². The molecule has 0 N–H and O–H groups in total. The van der Waals surface area contributed by atoms with Gasteiger partial charge in [0.15, 0.2) is 0 Å². The van der Waals surface area contributed by atoms with Crippen molar-refractivity contribution in [3.8, 4) is 0 Å². The minimum Gasteiger partial charge on any atom is -0.341 e. The molecule has 0 spiro atoms. The van der Waals surface area contributed by atoms with Crippen molar-refractivity contribution in [2.75, 3.05) is 18.0 Å². The smallest absolute Gasteiger partial charge is 0.308 e. The lowest BCUT2D eigenvalue weighted by Gasteiger charge is -2.31. The summed E-state index contributed by atoms with van der Waals surface area (Å²) in [4.78, 5) is 61.4. The zero-order valence-corrected chi connectivity index (χ0v) is 21.0. The van der Waals surface area contributed by atoms with Gasteiger partial charge in [0.25, 0.3) is 0 Å². The van der Waals surface area contributed by atoms with Gasteiger partial charge in [0, 0.05) is 36.3 Å². The number of carbonyl (C=O) groups is 3. The zero-order valence-electron chi connectivity index (χ0n) is 19.4. The Kier molecular flexibility index (Phi) is 6.00. The number of amides is 3. The van der Waals surface area contributed by atoms with Crippen LogP contribution in [0.25, 0.3) is 0 Å². The van der Waals surface area contributed by atoms with Crippen LogP contribution in [0.3, 0.4) is 0 Å². The van der Waals surface area contributed by atoms with Gasteiger partial charge in [-0.2, -0.15) is 0 Å². The molecule has 2 aromatic heterocycles. The molecule has 0 saturated carbocycles. The van der Waals surface area contributed by atoms with Gasteiger partial charge < -0.3 is 4.90 Å². The Labute approximate surface area is 215 Å². The molecule has 36 heavy (non-hydrogen) atoms. The zero-order chi connectivity index (χ0) is 24.8. The summed E-state index contributed by atoms with van der Waals surface area (Å²) < 4.78 is 1.50. The molecule has 6 rings (SSSR count). The second-order valence-electron chi connectivity index (χ2n) is 9.24. The van der Waals surface area contributed by atoms with E-state index in [9.17, 15) is 19.2 Å². The fourth-order valence-electron chi connectivity index (χ4n) is 5.38.